The average Bonchev–Trinajstić information content (AvgIpc) is 1.88. The molecular weight excluding hydrogens is 112 g/mol. The second kappa shape index (κ2) is 2.62. The summed E-state index contributed by atoms with van der Waals surface area (Å²) in [5, 5.41) is 0. The molecule has 0 bridgehead atoms. The molecule has 0 amide bonds. The highest BCUT2D eigenvalue weighted by Gasteiger charge is 2.10. The van der Waals surface area contributed by atoms with Gasteiger partial charge in [-0.3, -0.25) is 4.79 Å². The minimum atomic E-state index is 0.228. The van der Waals surface area contributed by atoms with Gasteiger partial charge in [-0.2, -0.15) is 0 Å². The van der Waals surface area contributed by atoms with E-state index < -0.39 is 0 Å². The SMILES string of the molecule is C=C[C@@H]1CC=CC(=O)C1. The van der Waals surface area contributed by atoms with Gasteiger partial charge in [0, 0.05) is 6.42 Å². The van der Waals surface area contributed by atoms with Crippen molar-refractivity contribution in [3.8, 4) is 0 Å². The molecule has 0 heterocycles. The average molecular weight is 122 g/mol. The summed E-state index contributed by atoms with van der Waals surface area (Å²) in [5.74, 6) is 0.619. The smallest absolute Gasteiger partial charge is 0.155 e. The minimum Gasteiger partial charge on any atom is -0.295 e. The fourth-order valence-corrected chi connectivity index (χ4v) is 0.964. The summed E-state index contributed by atoms with van der Waals surface area (Å²) < 4.78 is 0. The highest BCUT2D eigenvalue weighted by Crippen LogP contribution is 2.15. The molecule has 0 N–H and O–H groups in total. The van der Waals surface area contributed by atoms with Crippen LogP contribution in [0.25, 0.3) is 0 Å². The normalized spacial score (nSPS) is 26.2. The fourth-order valence-electron chi connectivity index (χ4n) is 0.964. The topological polar surface area (TPSA) is 17.1 Å². The van der Waals surface area contributed by atoms with Gasteiger partial charge < -0.3 is 0 Å². The van der Waals surface area contributed by atoms with Gasteiger partial charge in [0.05, 0.1) is 0 Å². The fraction of sp³-hybridized carbons (Fsp3) is 0.375. The van der Waals surface area contributed by atoms with Gasteiger partial charge in [0.25, 0.3) is 0 Å². The number of ketones is 1. The van der Waals surface area contributed by atoms with E-state index >= 15 is 0 Å². The molecule has 1 heteroatoms. The molecule has 1 aliphatic rings. The zero-order chi connectivity index (χ0) is 6.69. The molecule has 0 aromatic heterocycles. The van der Waals surface area contributed by atoms with Gasteiger partial charge in [-0.1, -0.05) is 12.2 Å². The van der Waals surface area contributed by atoms with E-state index in [9.17, 15) is 4.79 Å². The number of hydrogen-bond acceptors (Lipinski definition) is 1. The van der Waals surface area contributed by atoms with Crippen molar-refractivity contribution in [1.29, 1.82) is 0 Å². The quantitative estimate of drug-likeness (QED) is 0.484. The third-order valence-corrected chi connectivity index (χ3v) is 1.54. The third-order valence-electron chi connectivity index (χ3n) is 1.54. The summed E-state index contributed by atoms with van der Waals surface area (Å²) in [4.78, 5) is 10.7. The van der Waals surface area contributed by atoms with Crippen LogP contribution in [-0.4, -0.2) is 5.78 Å². The molecule has 1 atom stereocenters. The molecule has 1 rings (SSSR count). The lowest BCUT2D eigenvalue weighted by Crippen LogP contribution is -2.07. The van der Waals surface area contributed by atoms with Crippen LogP contribution in [0, 0.1) is 5.92 Å². The van der Waals surface area contributed by atoms with Crippen molar-refractivity contribution in [3.05, 3.63) is 24.8 Å². The lowest BCUT2D eigenvalue weighted by molar-refractivity contribution is -0.115. The Kier molecular flexibility index (Phi) is 1.83. The molecule has 0 aromatic carbocycles. The second-order valence-electron chi connectivity index (χ2n) is 2.30. The second-order valence-corrected chi connectivity index (χ2v) is 2.30. The lowest BCUT2D eigenvalue weighted by atomic mass is 9.94. The molecule has 0 unspecified atom stereocenters. The van der Waals surface area contributed by atoms with Crippen LogP contribution in [0.15, 0.2) is 24.8 Å². The van der Waals surface area contributed by atoms with Crippen LogP contribution in [0.1, 0.15) is 12.8 Å². The molecular formula is C8H10O. The molecule has 9 heavy (non-hydrogen) atoms. The van der Waals surface area contributed by atoms with E-state index in [0.29, 0.717) is 12.3 Å². The van der Waals surface area contributed by atoms with E-state index in [2.05, 4.69) is 6.58 Å². The Morgan fingerprint density at radius 3 is 3.00 bits per heavy atom. The molecule has 0 spiro atoms. The molecule has 0 saturated carbocycles. The van der Waals surface area contributed by atoms with E-state index in [0.717, 1.165) is 6.42 Å². The zero-order valence-electron chi connectivity index (χ0n) is 5.34. The number of carbonyl (C=O) groups is 1. The van der Waals surface area contributed by atoms with Gasteiger partial charge in [-0.25, -0.2) is 0 Å². The van der Waals surface area contributed by atoms with Gasteiger partial charge >= 0.3 is 0 Å². The Bertz CT molecular complexity index is 156. The van der Waals surface area contributed by atoms with Crippen molar-refractivity contribution in [3.63, 3.8) is 0 Å². The lowest BCUT2D eigenvalue weighted by Gasteiger charge is -2.10. The largest absolute Gasteiger partial charge is 0.295 e. The third kappa shape index (κ3) is 1.53. The van der Waals surface area contributed by atoms with Gasteiger partial charge in [0.2, 0.25) is 0 Å². The Morgan fingerprint density at radius 2 is 2.56 bits per heavy atom. The van der Waals surface area contributed by atoms with Crippen LogP contribution < -0.4 is 0 Å². The first-order valence-corrected chi connectivity index (χ1v) is 3.15. The highest BCUT2D eigenvalue weighted by molar-refractivity contribution is 5.90. The van der Waals surface area contributed by atoms with Crippen LogP contribution >= 0.6 is 0 Å². The summed E-state index contributed by atoms with van der Waals surface area (Å²) in [7, 11) is 0. The summed E-state index contributed by atoms with van der Waals surface area (Å²) in [6.45, 7) is 3.63. The molecule has 0 radical (unpaired) electrons. The van der Waals surface area contributed by atoms with Crippen LogP contribution in [0.4, 0.5) is 0 Å². The first kappa shape index (κ1) is 6.27. The summed E-state index contributed by atoms with van der Waals surface area (Å²) in [6, 6.07) is 0. The van der Waals surface area contributed by atoms with E-state index in [1.807, 2.05) is 12.2 Å². The van der Waals surface area contributed by atoms with E-state index in [4.69, 9.17) is 0 Å². The highest BCUT2D eigenvalue weighted by atomic mass is 16.1. The van der Waals surface area contributed by atoms with Gasteiger partial charge in [0.1, 0.15) is 0 Å². The molecule has 0 aromatic rings. The molecule has 1 aliphatic carbocycles. The van der Waals surface area contributed by atoms with E-state index in [1.54, 1.807) is 6.08 Å². The predicted octanol–water partition coefficient (Wildman–Crippen LogP) is 1.71. The molecule has 0 saturated heterocycles. The number of carbonyl (C=O) groups excluding carboxylic acids is 1. The van der Waals surface area contributed by atoms with Crippen LogP contribution in [0.2, 0.25) is 0 Å². The predicted molar refractivity (Wildman–Crippen MR) is 37.1 cm³/mol. The van der Waals surface area contributed by atoms with E-state index in [-0.39, 0.29) is 5.78 Å². The molecule has 1 nitrogen and oxygen atoms in total. The Labute approximate surface area is 55.1 Å². The maximum atomic E-state index is 10.7. The summed E-state index contributed by atoms with van der Waals surface area (Å²) in [5.41, 5.74) is 0. The summed E-state index contributed by atoms with van der Waals surface area (Å²) in [6.07, 6.45) is 7.05. The zero-order valence-corrected chi connectivity index (χ0v) is 5.34. The first-order valence-electron chi connectivity index (χ1n) is 3.15. The Hall–Kier alpha value is -0.850. The minimum absolute atomic E-state index is 0.228. The number of rotatable bonds is 1. The van der Waals surface area contributed by atoms with Gasteiger partial charge in [0.15, 0.2) is 5.78 Å². The van der Waals surface area contributed by atoms with Crippen molar-refractivity contribution < 1.29 is 4.79 Å². The Balaban J connectivity index is 2.56. The van der Waals surface area contributed by atoms with Crippen LogP contribution in [0.5, 0.6) is 0 Å². The van der Waals surface area contributed by atoms with E-state index in [1.165, 1.54) is 0 Å². The van der Waals surface area contributed by atoms with Crippen molar-refractivity contribution in [2.45, 2.75) is 12.8 Å². The molecule has 0 aliphatic heterocycles. The summed E-state index contributed by atoms with van der Waals surface area (Å²) >= 11 is 0. The number of hydrogen-bond donors (Lipinski definition) is 0. The monoisotopic (exact) mass is 122 g/mol. The van der Waals surface area contributed by atoms with Gasteiger partial charge in [-0.15, -0.1) is 6.58 Å². The van der Waals surface area contributed by atoms with Crippen LogP contribution in [-0.2, 0) is 4.79 Å². The standard InChI is InChI=1S/C8H10O/c1-2-7-4-3-5-8(9)6-7/h2-3,5,7H,1,4,6H2/t7-/m1/s1. The van der Waals surface area contributed by atoms with Crippen molar-refractivity contribution in [2.75, 3.05) is 0 Å². The van der Waals surface area contributed by atoms with Crippen molar-refractivity contribution in [2.24, 2.45) is 5.92 Å². The molecule has 48 valence electrons. The maximum absolute atomic E-state index is 10.7. The van der Waals surface area contributed by atoms with Gasteiger partial charge in [-0.05, 0) is 18.4 Å². The van der Waals surface area contributed by atoms with Crippen LogP contribution in [0.3, 0.4) is 0 Å². The first-order chi connectivity index (χ1) is 4.33. The number of allylic oxidation sites excluding steroid dienone is 3. The van der Waals surface area contributed by atoms with Crippen molar-refractivity contribution in [1.82, 2.24) is 0 Å². The Morgan fingerprint density at radius 1 is 1.78 bits per heavy atom. The molecule has 0 fully saturated rings. The van der Waals surface area contributed by atoms with Crippen molar-refractivity contribution >= 4 is 5.78 Å². The maximum Gasteiger partial charge on any atom is 0.155 e.